The number of hydrogen-bond acceptors (Lipinski definition) is 1. The summed E-state index contributed by atoms with van der Waals surface area (Å²) in [5.74, 6) is 0. The normalized spacial score (nSPS) is 10.8. The zero-order valence-electron chi connectivity index (χ0n) is 8.51. The van der Waals surface area contributed by atoms with Crippen molar-refractivity contribution in [2.75, 3.05) is 0 Å². The molecule has 0 unspecified atom stereocenters. The molecule has 1 aromatic heterocycles. The van der Waals surface area contributed by atoms with Crippen LogP contribution in [-0.2, 0) is 0 Å². The van der Waals surface area contributed by atoms with Gasteiger partial charge in [-0.3, -0.25) is 4.68 Å². The van der Waals surface area contributed by atoms with E-state index in [2.05, 4.69) is 37.1 Å². The molecule has 0 fully saturated rings. The van der Waals surface area contributed by atoms with Crippen molar-refractivity contribution in [1.29, 1.82) is 0 Å². The third kappa shape index (κ3) is 1.55. The summed E-state index contributed by atoms with van der Waals surface area (Å²) in [6.45, 7) is 4.28. The van der Waals surface area contributed by atoms with Gasteiger partial charge in [-0.25, -0.2) is 0 Å². The Balaban J connectivity index is 2.47. The summed E-state index contributed by atoms with van der Waals surface area (Å²) >= 11 is 0. The molecular weight excluding hydrogens is 172 g/mol. The molecule has 0 saturated heterocycles. The van der Waals surface area contributed by atoms with Crippen molar-refractivity contribution in [3.63, 3.8) is 0 Å². The predicted octanol–water partition coefficient (Wildman–Crippen LogP) is 3.13. The summed E-state index contributed by atoms with van der Waals surface area (Å²) in [5.41, 5.74) is 2.40. The first-order chi connectivity index (χ1) is 6.79. The molecule has 1 aromatic carbocycles. The Morgan fingerprint density at radius 2 is 1.79 bits per heavy atom. The highest BCUT2D eigenvalue weighted by molar-refractivity contribution is 5.58. The van der Waals surface area contributed by atoms with E-state index in [1.807, 2.05) is 29.1 Å². The molecule has 14 heavy (non-hydrogen) atoms. The maximum absolute atomic E-state index is 4.31. The number of benzene rings is 1. The van der Waals surface area contributed by atoms with E-state index in [-0.39, 0.29) is 0 Å². The van der Waals surface area contributed by atoms with Crippen LogP contribution in [0.4, 0.5) is 0 Å². The van der Waals surface area contributed by atoms with Gasteiger partial charge in [-0.15, -0.1) is 0 Å². The fourth-order valence-corrected chi connectivity index (χ4v) is 1.56. The smallest absolute Gasteiger partial charge is 0.0685 e. The van der Waals surface area contributed by atoms with Gasteiger partial charge in [0.1, 0.15) is 0 Å². The first kappa shape index (κ1) is 9.00. The molecule has 0 bridgehead atoms. The van der Waals surface area contributed by atoms with Crippen LogP contribution < -0.4 is 0 Å². The van der Waals surface area contributed by atoms with Crippen LogP contribution in [0.1, 0.15) is 19.9 Å². The van der Waals surface area contributed by atoms with E-state index in [4.69, 9.17) is 0 Å². The SMILES string of the molecule is CC(C)n1nccc1-c1ccccc1. The Morgan fingerprint density at radius 3 is 2.43 bits per heavy atom. The standard InChI is InChI=1S/C12H14N2/c1-10(2)14-12(8-9-13-14)11-6-4-3-5-7-11/h3-10H,1-2H3. The molecule has 0 N–H and O–H groups in total. The fraction of sp³-hybridized carbons (Fsp3) is 0.250. The van der Waals surface area contributed by atoms with Gasteiger partial charge in [0.15, 0.2) is 0 Å². The van der Waals surface area contributed by atoms with Crippen molar-refractivity contribution < 1.29 is 0 Å². The van der Waals surface area contributed by atoms with E-state index in [1.54, 1.807) is 0 Å². The molecule has 0 saturated carbocycles. The molecule has 0 amide bonds. The van der Waals surface area contributed by atoms with Crippen LogP contribution in [0.25, 0.3) is 11.3 Å². The maximum Gasteiger partial charge on any atom is 0.0685 e. The minimum atomic E-state index is 0.403. The first-order valence-corrected chi connectivity index (χ1v) is 4.88. The minimum Gasteiger partial charge on any atom is -0.262 e. The van der Waals surface area contributed by atoms with E-state index >= 15 is 0 Å². The lowest BCUT2D eigenvalue weighted by Crippen LogP contribution is -2.04. The van der Waals surface area contributed by atoms with Gasteiger partial charge in [0.25, 0.3) is 0 Å². The van der Waals surface area contributed by atoms with Crippen LogP contribution in [0.2, 0.25) is 0 Å². The minimum absolute atomic E-state index is 0.403. The highest BCUT2D eigenvalue weighted by Gasteiger charge is 2.06. The molecule has 0 spiro atoms. The summed E-state index contributed by atoms with van der Waals surface area (Å²) in [6.07, 6.45) is 1.85. The highest BCUT2D eigenvalue weighted by Crippen LogP contribution is 2.20. The zero-order valence-corrected chi connectivity index (χ0v) is 8.51. The molecule has 2 rings (SSSR count). The largest absolute Gasteiger partial charge is 0.262 e. The van der Waals surface area contributed by atoms with Crippen molar-refractivity contribution in [2.24, 2.45) is 0 Å². The topological polar surface area (TPSA) is 17.8 Å². The molecule has 0 radical (unpaired) electrons. The summed E-state index contributed by atoms with van der Waals surface area (Å²) in [7, 11) is 0. The average molecular weight is 186 g/mol. The lowest BCUT2D eigenvalue weighted by atomic mass is 10.1. The lowest BCUT2D eigenvalue weighted by molar-refractivity contribution is 0.538. The molecule has 1 heterocycles. The second-order valence-corrected chi connectivity index (χ2v) is 3.62. The third-order valence-electron chi connectivity index (χ3n) is 2.23. The van der Waals surface area contributed by atoms with Gasteiger partial charge in [-0.2, -0.15) is 5.10 Å². The Labute approximate surface area is 84.2 Å². The Hall–Kier alpha value is -1.57. The number of rotatable bonds is 2. The summed E-state index contributed by atoms with van der Waals surface area (Å²) < 4.78 is 2.04. The number of aromatic nitrogens is 2. The second-order valence-electron chi connectivity index (χ2n) is 3.62. The van der Waals surface area contributed by atoms with Crippen LogP contribution in [0.3, 0.4) is 0 Å². The molecule has 0 aliphatic heterocycles. The van der Waals surface area contributed by atoms with Crippen molar-refractivity contribution in [3.8, 4) is 11.3 Å². The highest BCUT2D eigenvalue weighted by atomic mass is 15.3. The molecule has 72 valence electrons. The van der Waals surface area contributed by atoms with Gasteiger partial charge >= 0.3 is 0 Å². The van der Waals surface area contributed by atoms with Gasteiger partial charge in [-0.05, 0) is 25.5 Å². The van der Waals surface area contributed by atoms with Crippen molar-refractivity contribution in [2.45, 2.75) is 19.9 Å². The van der Waals surface area contributed by atoms with Crippen LogP contribution in [0, 0.1) is 0 Å². The Bertz CT molecular complexity index is 401. The molecule has 2 aromatic rings. The maximum atomic E-state index is 4.31. The summed E-state index contributed by atoms with van der Waals surface area (Å²) in [5, 5.41) is 4.31. The average Bonchev–Trinajstić information content (AvgIpc) is 2.67. The fourth-order valence-electron chi connectivity index (χ4n) is 1.56. The van der Waals surface area contributed by atoms with E-state index < -0.39 is 0 Å². The Morgan fingerprint density at radius 1 is 1.07 bits per heavy atom. The van der Waals surface area contributed by atoms with Crippen LogP contribution in [0.15, 0.2) is 42.6 Å². The number of hydrogen-bond donors (Lipinski definition) is 0. The second kappa shape index (κ2) is 3.66. The van der Waals surface area contributed by atoms with Gasteiger partial charge in [0.05, 0.1) is 5.69 Å². The van der Waals surface area contributed by atoms with Crippen LogP contribution in [-0.4, -0.2) is 9.78 Å². The molecule has 0 atom stereocenters. The zero-order chi connectivity index (χ0) is 9.97. The summed E-state index contributed by atoms with van der Waals surface area (Å²) in [6, 6.07) is 12.8. The quantitative estimate of drug-likeness (QED) is 0.704. The molecule has 0 aliphatic rings. The Kier molecular flexibility index (Phi) is 2.35. The van der Waals surface area contributed by atoms with E-state index in [1.165, 1.54) is 11.3 Å². The molecule has 0 aliphatic carbocycles. The van der Waals surface area contributed by atoms with E-state index in [9.17, 15) is 0 Å². The van der Waals surface area contributed by atoms with E-state index in [0.717, 1.165) is 0 Å². The van der Waals surface area contributed by atoms with Gasteiger partial charge in [-0.1, -0.05) is 30.3 Å². The van der Waals surface area contributed by atoms with Gasteiger partial charge in [0.2, 0.25) is 0 Å². The predicted molar refractivity (Wildman–Crippen MR) is 58.0 cm³/mol. The first-order valence-electron chi connectivity index (χ1n) is 4.88. The molecule has 2 heteroatoms. The lowest BCUT2D eigenvalue weighted by Gasteiger charge is -2.10. The van der Waals surface area contributed by atoms with Crippen LogP contribution >= 0.6 is 0 Å². The van der Waals surface area contributed by atoms with Crippen molar-refractivity contribution in [1.82, 2.24) is 9.78 Å². The van der Waals surface area contributed by atoms with Crippen LogP contribution in [0.5, 0.6) is 0 Å². The number of nitrogens with zero attached hydrogens (tertiary/aromatic N) is 2. The monoisotopic (exact) mass is 186 g/mol. The molecule has 2 nitrogen and oxygen atoms in total. The third-order valence-corrected chi connectivity index (χ3v) is 2.23. The van der Waals surface area contributed by atoms with Gasteiger partial charge < -0.3 is 0 Å². The van der Waals surface area contributed by atoms with Gasteiger partial charge in [0, 0.05) is 12.2 Å². The molecular formula is C12H14N2. The van der Waals surface area contributed by atoms with E-state index in [0.29, 0.717) is 6.04 Å². The summed E-state index contributed by atoms with van der Waals surface area (Å²) in [4.78, 5) is 0. The van der Waals surface area contributed by atoms with Crippen molar-refractivity contribution in [3.05, 3.63) is 42.6 Å². The van der Waals surface area contributed by atoms with Crippen molar-refractivity contribution >= 4 is 0 Å².